The van der Waals surface area contributed by atoms with E-state index in [0.29, 0.717) is 18.8 Å². The van der Waals surface area contributed by atoms with E-state index in [9.17, 15) is 9.59 Å². The van der Waals surface area contributed by atoms with Crippen molar-refractivity contribution < 1.29 is 9.59 Å². The molecule has 0 radical (unpaired) electrons. The van der Waals surface area contributed by atoms with Crippen LogP contribution in [0.25, 0.3) is 0 Å². The third kappa shape index (κ3) is 5.45. The van der Waals surface area contributed by atoms with Crippen molar-refractivity contribution in [3.63, 3.8) is 0 Å². The lowest BCUT2D eigenvalue weighted by atomic mass is 9.89. The van der Waals surface area contributed by atoms with Crippen LogP contribution < -0.4 is 4.90 Å². The molecule has 176 valence electrons. The highest BCUT2D eigenvalue weighted by Gasteiger charge is 2.32. The van der Waals surface area contributed by atoms with Gasteiger partial charge in [0.15, 0.2) is 5.78 Å². The zero-order valence-corrected chi connectivity index (χ0v) is 20.6. The molecule has 5 rings (SSSR count). The van der Waals surface area contributed by atoms with E-state index in [1.54, 1.807) is 0 Å². The third-order valence-corrected chi connectivity index (χ3v) is 7.70. The number of anilines is 1. The van der Waals surface area contributed by atoms with Gasteiger partial charge in [0.05, 0.1) is 5.69 Å². The molecule has 0 spiro atoms. The van der Waals surface area contributed by atoms with Crippen LogP contribution in [0.1, 0.15) is 59.2 Å². The topological polar surface area (TPSA) is 40.6 Å². The molecule has 2 aromatic rings. The highest BCUT2D eigenvalue weighted by atomic mass is 35.5. The number of hydrogen-bond acceptors (Lipinski definition) is 3. The molecule has 1 fully saturated rings. The second-order valence-corrected chi connectivity index (χ2v) is 10.0. The Bertz CT molecular complexity index is 1030. The van der Waals surface area contributed by atoms with Gasteiger partial charge in [-0.3, -0.25) is 9.59 Å². The van der Waals surface area contributed by atoms with Crippen molar-refractivity contribution in [3.05, 3.63) is 63.7 Å². The second-order valence-electron chi connectivity index (χ2n) is 9.57. The molecule has 2 aromatic carbocycles. The highest BCUT2D eigenvalue weighted by Crippen LogP contribution is 2.38. The van der Waals surface area contributed by atoms with Gasteiger partial charge < -0.3 is 9.80 Å². The van der Waals surface area contributed by atoms with Gasteiger partial charge in [-0.25, -0.2) is 0 Å². The fourth-order valence-corrected chi connectivity index (χ4v) is 5.79. The summed E-state index contributed by atoms with van der Waals surface area (Å²) < 4.78 is 0. The summed E-state index contributed by atoms with van der Waals surface area (Å²) in [4.78, 5) is 29.5. The Morgan fingerprint density at radius 2 is 1.76 bits per heavy atom. The minimum Gasteiger partial charge on any atom is -0.312 e. The molecule has 4 nitrogen and oxygen atoms in total. The molecule has 0 saturated carbocycles. The fraction of sp³-hybridized carbons (Fsp3) is 0.481. The van der Waals surface area contributed by atoms with Crippen LogP contribution in [0, 0.1) is 5.92 Å². The van der Waals surface area contributed by atoms with Crippen LogP contribution in [0.5, 0.6) is 0 Å². The lowest BCUT2D eigenvalue weighted by Gasteiger charge is -2.32. The van der Waals surface area contributed by atoms with E-state index in [1.807, 2.05) is 17.0 Å². The van der Waals surface area contributed by atoms with E-state index in [1.165, 1.54) is 29.5 Å². The van der Waals surface area contributed by atoms with Crippen molar-refractivity contribution in [2.45, 2.75) is 51.4 Å². The van der Waals surface area contributed by atoms with E-state index in [4.69, 9.17) is 11.6 Å². The molecular formula is C27H32Cl2N2O2. The molecule has 0 N–H and O–H groups in total. The Hall–Kier alpha value is -1.88. The summed E-state index contributed by atoms with van der Waals surface area (Å²) in [5, 5.41) is 0.810. The number of carbonyl (C=O) groups excluding carboxylic acids is 2. The Morgan fingerprint density at radius 3 is 2.52 bits per heavy atom. The summed E-state index contributed by atoms with van der Waals surface area (Å²) in [6.07, 6.45) is 7.22. The molecule has 3 heterocycles. The standard InChI is InChI=1S/C27H31ClN2O2.ClH/c28-24-3-1-2-20(16-24)10-14-29-12-8-19(9-13-29)4-6-25(31)23-17-21-5-7-26(32)30-15-11-22(18-23)27(21)30;/h1-3,16-19H,4-15H2;1H. The minimum absolute atomic E-state index is 0. The van der Waals surface area contributed by atoms with E-state index >= 15 is 0 Å². The molecule has 0 atom stereocenters. The summed E-state index contributed by atoms with van der Waals surface area (Å²) in [6.45, 7) is 4.08. The van der Waals surface area contributed by atoms with Gasteiger partial charge in [0.2, 0.25) is 5.91 Å². The smallest absolute Gasteiger partial charge is 0.227 e. The highest BCUT2D eigenvalue weighted by molar-refractivity contribution is 6.30. The average Bonchev–Trinajstić information content (AvgIpc) is 3.24. The molecule has 1 saturated heterocycles. The van der Waals surface area contributed by atoms with Gasteiger partial charge >= 0.3 is 0 Å². The van der Waals surface area contributed by atoms with Crippen LogP contribution in [0.3, 0.4) is 0 Å². The van der Waals surface area contributed by atoms with Crippen molar-refractivity contribution in [2.24, 2.45) is 5.92 Å². The molecule has 0 unspecified atom stereocenters. The Balaban J connectivity index is 0.00000259. The van der Waals surface area contributed by atoms with Gasteiger partial charge in [-0.1, -0.05) is 23.7 Å². The number of hydrogen-bond donors (Lipinski definition) is 0. The molecule has 3 aliphatic heterocycles. The predicted octanol–water partition coefficient (Wildman–Crippen LogP) is 5.51. The van der Waals surface area contributed by atoms with Crippen LogP contribution in [0.2, 0.25) is 5.02 Å². The van der Waals surface area contributed by atoms with Crippen LogP contribution in [-0.4, -0.2) is 42.8 Å². The summed E-state index contributed by atoms with van der Waals surface area (Å²) in [7, 11) is 0. The van der Waals surface area contributed by atoms with Gasteiger partial charge in [-0.2, -0.15) is 0 Å². The zero-order valence-electron chi connectivity index (χ0n) is 19.0. The summed E-state index contributed by atoms with van der Waals surface area (Å²) >= 11 is 6.09. The number of likely N-dealkylation sites (tertiary alicyclic amines) is 1. The first-order valence-electron chi connectivity index (χ1n) is 12.0. The molecule has 6 heteroatoms. The summed E-state index contributed by atoms with van der Waals surface area (Å²) in [5.74, 6) is 1.14. The Labute approximate surface area is 207 Å². The maximum Gasteiger partial charge on any atom is 0.227 e. The van der Waals surface area contributed by atoms with E-state index in [2.05, 4.69) is 29.2 Å². The number of carbonyl (C=O) groups is 2. The largest absolute Gasteiger partial charge is 0.312 e. The Morgan fingerprint density at radius 1 is 1.00 bits per heavy atom. The quantitative estimate of drug-likeness (QED) is 0.484. The number of benzene rings is 2. The van der Waals surface area contributed by atoms with Crippen LogP contribution in [0.15, 0.2) is 36.4 Å². The summed E-state index contributed by atoms with van der Waals surface area (Å²) in [6, 6.07) is 12.3. The van der Waals surface area contributed by atoms with E-state index < -0.39 is 0 Å². The minimum atomic E-state index is 0. The number of rotatable bonds is 7. The molecule has 1 amide bonds. The van der Waals surface area contributed by atoms with Gasteiger partial charge in [-0.15, -0.1) is 12.4 Å². The number of nitrogens with zero attached hydrogens (tertiary/aromatic N) is 2. The molecule has 0 aromatic heterocycles. The number of piperidine rings is 1. The van der Waals surface area contributed by atoms with Crippen LogP contribution in [0.4, 0.5) is 5.69 Å². The first-order valence-corrected chi connectivity index (χ1v) is 12.4. The number of aryl methyl sites for hydroxylation is 1. The van der Waals surface area contributed by atoms with Gasteiger partial charge in [0.1, 0.15) is 0 Å². The number of ketones is 1. The fourth-order valence-electron chi connectivity index (χ4n) is 5.58. The normalized spacial score (nSPS) is 18.2. The van der Waals surface area contributed by atoms with Gasteiger partial charge in [0, 0.05) is 36.5 Å². The van der Waals surface area contributed by atoms with Crippen molar-refractivity contribution in [1.29, 1.82) is 0 Å². The number of Topliss-reactive ketones (excluding diaryl/α,β-unsaturated/α-hetero) is 1. The average molecular weight is 487 g/mol. The maximum absolute atomic E-state index is 13.0. The third-order valence-electron chi connectivity index (χ3n) is 7.47. The second kappa shape index (κ2) is 10.6. The van der Waals surface area contributed by atoms with Crippen molar-refractivity contribution in [3.8, 4) is 0 Å². The molecular weight excluding hydrogens is 455 g/mol. The van der Waals surface area contributed by atoms with Gasteiger partial charge in [0.25, 0.3) is 0 Å². The predicted molar refractivity (Wildman–Crippen MR) is 136 cm³/mol. The molecule has 3 aliphatic rings. The number of amides is 1. The van der Waals surface area contributed by atoms with Crippen LogP contribution >= 0.6 is 24.0 Å². The van der Waals surface area contributed by atoms with Crippen molar-refractivity contribution >= 4 is 41.4 Å². The monoisotopic (exact) mass is 486 g/mol. The van der Waals surface area contributed by atoms with Gasteiger partial charge in [-0.05, 0) is 98.5 Å². The molecule has 0 aliphatic carbocycles. The van der Waals surface area contributed by atoms with E-state index in [-0.39, 0.29) is 24.1 Å². The molecule has 0 bridgehead atoms. The SMILES string of the molecule is Cl.O=C(CCC1CCN(CCc2cccc(Cl)c2)CC1)c1cc2c3c(c1)CCN3C(=O)CC2. The summed E-state index contributed by atoms with van der Waals surface area (Å²) in [5.41, 5.74) is 5.63. The first kappa shape index (κ1) is 24.3. The first-order chi connectivity index (χ1) is 15.6. The van der Waals surface area contributed by atoms with Crippen molar-refractivity contribution in [1.82, 2.24) is 4.90 Å². The van der Waals surface area contributed by atoms with E-state index in [0.717, 1.165) is 68.1 Å². The zero-order chi connectivity index (χ0) is 22.1. The van der Waals surface area contributed by atoms with Crippen molar-refractivity contribution in [2.75, 3.05) is 31.1 Å². The lowest BCUT2D eigenvalue weighted by Crippen LogP contribution is -2.35. The lowest BCUT2D eigenvalue weighted by molar-refractivity contribution is -0.118. The molecule has 33 heavy (non-hydrogen) atoms. The maximum atomic E-state index is 13.0. The Kier molecular flexibility index (Phi) is 7.78. The van der Waals surface area contributed by atoms with Crippen LogP contribution in [-0.2, 0) is 24.1 Å². The number of halogens is 2.